The summed E-state index contributed by atoms with van der Waals surface area (Å²) in [6.45, 7) is 6.11. The van der Waals surface area contributed by atoms with Gasteiger partial charge in [0.1, 0.15) is 0 Å². The lowest BCUT2D eigenvalue weighted by molar-refractivity contribution is -0.129. The van der Waals surface area contributed by atoms with Crippen LogP contribution < -0.4 is 4.90 Å². The minimum Gasteiger partial charge on any atom is -0.339 e. The molecule has 0 N–H and O–H groups in total. The van der Waals surface area contributed by atoms with Gasteiger partial charge in [-0.3, -0.25) is 14.3 Å². The number of rotatable bonds is 1. The van der Waals surface area contributed by atoms with E-state index in [0.717, 1.165) is 54.2 Å². The van der Waals surface area contributed by atoms with E-state index in [-0.39, 0.29) is 5.91 Å². The summed E-state index contributed by atoms with van der Waals surface area (Å²) in [5.41, 5.74) is 2.25. The fourth-order valence-electron chi connectivity index (χ4n) is 3.57. The number of carbonyl (C=O) groups excluding carboxylic acids is 1. The first kappa shape index (κ1) is 16.4. The number of fused-ring (bicyclic) bond motifs is 3. The standard InChI is InChI=1S/C17H21ClN6O/c1-12(25)22-5-7-23(8-6-22)17-20-19-16-11-21(2)10-13-9-14(18)3-4-15(13)24(16)17/h3-4,9H,5-8,10-11H2,1-2H3. The summed E-state index contributed by atoms with van der Waals surface area (Å²) in [4.78, 5) is 17.8. The van der Waals surface area contributed by atoms with Gasteiger partial charge in [-0.15, -0.1) is 10.2 Å². The maximum Gasteiger partial charge on any atom is 0.232 e. The monoisotopic (exact) mass is 360 g/mol. The van der Waals surface area contributed by atoms with Crippen molar-refractivity contribution in [2.24, 2.45) is 0 Å². The maximum atomic E-state index is 11.6. The number of amides is 1. The Balaban J connectivity index is 1.72. The van der Waals surface area contributed by atoms with E-state index in [9.17, 15) is 4.79 Å². The van der Waals surface area contributed by atoms with E-state index in [4.69, 9.17) is 11.6 Å². The third kappa shape index (κ3) is 2.98. The van der Waals surface area contributed by atoms with Crippen LogP contribution in [-0.4, -0.2) is 63.7 Å². The third-order valence-corrected chi connectivity index (χ3v) is 5.09. The summed E-state index contributed by atoms with van der Waals surface area (Å²) in [7, 11) is 2.07. The van der Waals surface area contributed by atoms with Gasteiger partial charge in [0.25, 0.3) is 0 Å². The Kier molecular flexibility index (Phi) is 4.13. The van der Waals surface area contributed by atoms with E-state index >= 15 is 0 Å². The van der Waals surface area contributed by atoms with Gasteiger partial charge in [0.2, 0.25) is 11.9 Å². The van der Waals surface area contributed by atoms with Gasteiger partial charge in [-0.2, -0.15) is 0 Å². The van der Waals surface area contributed by atoms with Crippen molar-refractivity contribution >= 4 is 23.5 Å². The Labute approximate surface area is 151 Å². The Bertz CT molecular complexity index is 811. The van der Waals surface area contributed by atoms with Crippen LogP contribution in [0.5, 0.6) is 0 Å². The molecule has 8 heteroatoms. The van der Waals surface area contributed by atoms with Crippen LogP contribution in [0.25, 0.3) is 5.69 Å². The summed E-state index contributed by atoms with van der Waals surface area (Å²) in [5.74, 6) is 1.89. The lowest BCUT2D eigenvalue weighted by Gasteiger charge is -2.34. The number of carbonyl (C=O) groups is 1. The molecular formula is C17H21ClN6O. The highest BCUT2D eigenvalue weighted by molar-refractivity contribution is 6.30. The molecule has 3 heterocycles. The molecule has 2 aromatic rings. The molecule has 1 saturated heterocycles. The van der Waals surface area contributed by atoms with Crippen LogP contribution in [0.15, 0.2) is 18.2 Å². The first-order chi connectivity index (χ1) is 12.0. The molecule has 0 unspecified atom stereocenters. The number of hydrogen-bond donors (Lipinski definition) is 0. The van der Waals surface area contributed by atoms with E-state index in [1.165, 1.54) is 0 Å². The SMILES string of the molecule is CC(=O)N1CCN(c2nnc3n2-c2ccc(Cl)cc2CN(C)C3)CC1. The molecule has 2 aliphatic heterocycles. The van der Waals surface area contributed by atoms with Crippen LogP contribution in [0, 0.1) is 0 Å². The first-order valence-corrected chi connectivity index (χ1v) is 8.83. The maximum absolute atomic E-state index is 11.6. The lowest BCUT2D eigenvalue weighted by Crippen LogP contribution is -2.48. The molecule has 4 rings (SSSR count). The Morgan fingerprint density at radius 3 is 2.60 bits per heavy atom. The summed E-state index contributed by atoms with van der Waals surface area (Å²) in [6, 6.07) is 5.96. The molecule has 1 amide bonds. The van der Waals surface area contributed by atoms with Gasteiger partial charge < -0.3 is 9.80 Å². The number of halogens is 1. The van der Waals surface area contributed by atoms with E-state index in [0.29, 0.717) is 13.1 Å². The molecule has 1 fully saturated rings. The van der Waals surface area contributed by atoms with E-state index in [1.807, 2.05) is 23.1 Å². The molecule has 1 aromatic heterocycles. The molecule has 0 saturated carbocycles. The van der Waals surface area contributed by atoms with Crippen molar-refractivity contribution in [3.05, 3.63) is 34.6 Å². The number of anilines is 1. The quantitative estimate of drug-likeness (QED) is 0.772. The average molecular weight is 361 g/mol. The minimum atomic E-state index is 0.126. The zero-order chi connectivity index (χ0) is 17.6. The highest BCUT2D eigenvalue weighted by Gasteiger charge is 2.27. The lowest BCUT2D eigenvalue weighted by atomic mass is 10.1. The number of nitrogens with zero attached hydrogens (tertiary/aromatic N) is 6. The Hall–Kier alpha value is -2.12. The predicted molar refractivity (Wildman–Crippen MR) is 96.0 cm³/mol. The van der Waals surface area contributed by atoms with Crippen molar-refractivity contribution in [2.75, 3.05) is 38.1 Å². The predicted octanol–water partition coefficient (Wildman–Crippen LogP) is 1.53. The van der Waals surface area contributed by atoms with Crippen LogP contribution in [0.1, 0.15) is 18.3 Å². The summed E-state index contributed by atoms with van der Waals surface area (Å²) in [5, 5.41) is 9.63. The summed E-state index contributed by atoms with van der Waals surface area (Å²) < 4.78 is 2.14. The zero-order valence-electron chi connectivity index (χ0n) is 14.4. The van der Waals surface area contributed by atoms with Gasteiger partial charge in [-0.25, -0.2) is 0 Å². The molecule has 0 radical (unpaired) electrons. The first-order valence-electron chi connectivity index (χ1n) is 8.45. The summed E-state index contributed by atoms with van der Waals surface area (Å²) in [6.07, 6.45) is 0. The second-order valence-corrected chi connectivity index (χ2v) is 7.13. The van der Waals surface area contributed by atoms with Crippen molar-refractivity contribution in [2.45, 2.75) is 20.0 Å². The van der Waals surface area contributed by atoms with Gasteiger partial charge in [0.15, 0.2) is 5.82 Å². The van der Waals surface area contributed by atoms with Gasteiger partial charge in [-0.1, -0.05) is 11.6 Å². The van der Waals surface area contributed by atoms with Gasteiger partial charge >= 0.3 is 0 Å². The molecule has 1 aromatic carbocycles. The number of piperazine rings is 1. The molecule has 0 atom stereocenters. The topological polar surface area (TPSA) is 57.5 Å². The Morgan fingerprint density at radius 2 is 1.88 bits per heavy atom. The smallest absolute Gasteiger partial charge is 0.232 e. The molecule has 25 heavy (non-hydrogen) atoms. The number of benzene rings is 1. The fourth-order valence-corrected chi connectivity index (χ4v) is 3.76. The van der Waals surface area contributed by atoms with Crippen molar-refractivity contribution < 1.29 is 4.79 Å². The average Bonchev–Trinajstić information content (AvgIpc) is 2.92. The zero-order valence-corrected chi connectivity index (χ0v) is 15.2. The van der Waals surface area contributed by atoms with Crippen LogP contribution in [0.4, 0.5) is 5.95 Å². The van der Waals surface area contributed by atoms with Crippen molar-refractivity contribution in [1.82, 2.24) is 24.6 Å². The van der Waals surface area contributed by atoms with Crippen molar-refractivity contribution in [1.29, 1.82) is 0 Å². The van der Waals surface area contributed by atoms with Gasteiger partial charge in [-0.05, 0) is 30.8 Å². The molecule has 132 valence electrons. The van der Waals surface area contributed by atoms with Crippen LogP contribution in [0.3, 0.4) is 0 Å². The molecular weight excluding hydrogens is 340 g/mol. The molecule has 2 aliphatic rings. The fraction of sp³-hybridized carbons (Fsp3) is 0.471. The second-order valence-electron chi connectivity index (χ2n) is 6.69. The van der Waals surface area contributed by atoms with E-state index in [2.05, 4.69) is 31.6 Å². The molecule has 0 bridgehead atoms. The largest absolute Gasteiger partial charge is 0.339 e. The van der Waals surface area contributed by atoms with E-state index in [1.54, 1.807) is 6.92 Å². The molecule has 0 aliphatic carbocycles. The Morgan fingerprint density at radius 1 is 1.12 bits per heavy atom. The highest BCUT2D eigenvalue weighted by atomic mass is 35.5. The van der Waals surface area contributed by atoms with Crippen LogP contribution in [0.2, 0.25) is 5.02 Å². The minimum absolute atomic E-state index is 0.126. The molecule has 0 spiro atoms. The third-order valence-electron chi connectivity index (χ3n) is 4.85. The summed E-state index contributed by atoms with van der Waals surface area (Å²) >= 11 is 6.21. The van der Waals surface area contributed by atoms with Gasteiger partial charge in [0, 0.05) is 44.7 Å². The van der Waals surface area contributed by atoms with Gasteiger partial charge in [0.05, 0.1) is 12.2 Å². The molecule has 7 nitrogen and oxygen atoms in total. The van der Waals surface area contributed by atoms with Crippen molar-refractivity contribution in [3.8, 4) is 5.69 Å². The van der Waals surface area contributed by atoms with Crippen LogP contribution >= 0.6 is 11.6 Å². The number of hydrogen-bond acceptors (Lipinski definition) is 5. The normalized spacial score (nSPS) is 17.9. The number of aromatic nitrogens is 3. The highest BCUT2D eigenvalue weighted by Crippen LogP contribution is 2.30. The van der Waals surface area contributed by atoms with Crippen LogP contribution in [-0.2, 0) is 17.9 Å². The van der Waals surface area contributed by atoms with E-state index < -0.39 is 0 Å². The van der Waals surface area contributed by atoms with Crippen molar-refractivity contribution in [3.63, 3.8) is 0 Å². The second kappa shape index (κ2) is 6.31.